The Morgan fingerprint density at radius 3 is 2.28 bits per heavy atom. The fraction of sp³-hybridized carbons (Fsp3) is 0.692. The van der Waals surface area contributed by atoms with Crippen LogP contribution >= 0.6 is 11.6 Å². The monoisotopic (exact) mass is 268 g/mol. The van der Waals surface area contributed by atoms with E-state index in [1.54, 1.807) is 0 Å². The van der Waals surface area contributed by atoms with Crippen molar-refractivity contribution in [1.29, 1.82) is 0 Å². The molecule has 2 rings (SSSR count). The molecule has 2 heterocycles. The summed E-state index contributed by atoms with van der Waals surface area (Å²) in [6, 6.07) is 0.683. The van der Waals surface area contributed by atoms with Crippen molar-refractivity contribution in [2.45, 2.75) is 32.7 Å². The van der Waals surface area contributed by atoms with Crippen molar-refractivity contribution in [3.8, 4) is 0 Å². The van der Waals surface area contributed by atoms with Gasteiger partial charge in [0.25, 0.3) is 0 Å². The van der Waals surface area contributed by atoms with Crippen LogP contribution in [-0.4, -0.2) is 48.3 Å². The summed E-state index contributed by atoms with van der Waals surface area (Å²) < 4.78 is 0. The third-order valence-electron chi connectivity index (χ3n) is 3.93. The number of halogens is 1. The van der Waals surface area contributed by atoms with Gasteiger partial charge in [-0.2, -0.15) is 0 Å². The molecule has 0 spiro atoms. The molecule has 0 radical (unpaired) electrons. The van der Waals surface area contributed by atoms with Crippen LogP contribution in [0.5, 0.6) is 0 Å². The number of anilines is 1. The summed E-state index contributed by atoms with van der Waals surface area (Å²) in [7, 11) is 4.30. The van der Waals surface area contributed by atoms with Gasteiger partial charge in [-0.25, -0.2) is 0 Å². The van der Waals surface area contributed by atoms with E-state index >= 15 is 0 Å². The van der Waals surface area contributed by atoms with Crippen LogP contribution in [0.4, 0.5) is 5.82 Å². The number of hydrogen-bond donors (Lipinski definition) is 0. The Morgan fingerprint density at radius 2 is 1.72 bits per heavy atom. The van der Waals surface area contributed by atoms with Crippen molar-refractivity contribution >= 4 is 17.4 Å². The molecule has 1 aliphatic rings. The Kier molecular flexibility index (Phi) is 4.07. The highest BCUT2D eigenvalue weighted by Gasteiger charge is 2.23. The molecule has 0 bridgehead atoms. The molecule has 100 valence electrons. The van der Waals surface area contributed by atoms with Gasteiger partial charge in [-0.1, -0.05) is 11.6 Å². The molecule has 1 aliphatic heterocycles. The Labute approximate surface area is 114 Å². The SMILES string of the molecule is Cc1c(Cl)nnc(N2CCC(N(C)C)CC2)c1C. The lowest BCUT2D eigenvalue weighted by molar-refractivity contribution is 0.249. The van der Waals surface area contributed by atoms with Gasteiger partial charge in [0.1, 0.15) is 0 Å². The molecule has 5 heteroatoms. The first-order valence-corrected chi connectivity index (χ1v) is 6.79. The van der Waals surface area contributed by atoms with Crippen LogP contribution in [0, 0.1) is 13.8 Å². The number of piperidine rings is 1. The van der Waals surface area contributed by atoms with Gasteiger partial charge in [0.15, 0.2) is 11.0 Å². The molecule has 1 saturated heterocycles. The zero-order chi connectivity index (χ0) is 13.3. The van der Waals surface area contributed by atoms with Gasteiger partial charge in [0, 0.05) is 19.1 Å². The number of nitrogens with zero attached hydrogens (tertiary/aromatic N) is 4. The standard InChI is InChI=1S/C13H21ClN4/c1-9-10(2)13(16-15-12(9)14)18-7-5-11(6-8-18)17(3)4/h11H,5-8H2,1-4H3. The Hall–Kier alpha value is -0.870. The van der Waals surface area contributed by atoms with Gasteiger partial charge in [0.2, 0.25) is 0 Å². The van der Waals surface area contributed by atoms with E-state index in [4.69, 9.17) is 11.6 Å². The molecule has 1 aromatic rings. The number of aromatic nitrogens is 2. The van der Waals surface area contributed by atoms with Crippen LogP contribution in [0.3, 0.4) is 0 Å². The lowest BCUT2D eigenvalue weighted by Crippen LogP contribution is -2.42. The van der Waals surface area contributed by atoms with Gasteiger partial charge in [-0.15, -0.1) is 10.2 Å². The van der Waals surface area contributed by atoms with Gasteiger partial charge in [-0.3, -0.25) is 0 Å². The van der Waals surface area contributed by atoms with Crippen LogP contribution < -0.4 is 4.90 Å². The highest BCUT2D eigenvalue weighted by Crippen LogP contribution is 2.26. The second kappa shape index (κ2) is 5.41. The maximum Gasteiger partial charge on any atom is 0.155 e. The molecule has 0 unspecified atom stereocenters. The summed E-state index contributed by atoms with van der Waals surface area (Å²) in [5.41, 5.74) is 2.19. The molecule has 18 heavy (non-hydrogen) atoms. The lowest BCUT2D eigenvalue weighted by atomic mass is 10.0. The van der Waals surface area contributed by atoms with Crippen molar-refractivity contribution < 1.29 is 0 Å². The predicted molar refractivity (Wildman–Crippen MR) is 75.4 cm³/mol. The van der Waals surface area contributed by atoms with Crippen molar-refractivity contribution in [3.63, 3.8) is 0 Å². The Balaban J connectivity index is 2.13. The van der Waals surface area contributed by atoms with E-state index in [0.29, 0.717) is 11.2 Å². The minimum absolute atomic E-state index is 0.513. The van der Waals surface area contributed by atoms with E-state index < -0.39 is 0 Å². The highest BCUT2D eigenvalue weighted by atomic mass is 35.5. The molecule has 0 amide bonds. The molecule has 4 nitrogen and oxygen atoms in total. The zero-order valence-corrected chi connectivity index (χ0v) is 12.3. The first kappa shape index (κ1) is 13.6. The largest absolute Gasteiger partial charge is 0.355 e. The van der Waals surface area contributed by atoms with Crippen LogP contribution in [0.25, 0.3) is 0 Å². The van der Waals surface area contributed by atoms with Crippen molar-refractivity contribution in [3.05, 3.63) is 16.3 Å². The van der Waals surface area contributed by atoms with E-state index in [9.17, 15) is 0 Å². The fourth-order valence-corrected chi connectivity index (χ4v) is 2.64. The van der Waals surface area contributed by atoms with Gasteiger partial charge in [-0.05, 0) is 51.9 Å². The maximum atomic E-state index is 5.99. The first-order valence-electron chi connectivity index (χ1n) is 6.41. The third kappa shape index (κ3) is 2.59. The van der Waals surface area contributed by atoms with Crippen molar-refractivity contribution in [1.82, 2.24) is 15.1 Å². The molecular formula is C13H21ClN4. The van der Waals surface area contributed by atoms with Crippen molar-refractivity contribution in [2.75, 3.05) is 32.1 Å². The van der Waals surface area contributed by atoms with E-state index in [2.05, 4.69) is 41.0 Å². The topological polar surface area (TPSA) is 32.3 Å². The molecular weight excluding hydrogens is 248 g/mol. The average molecular weight is 269 g/mol. The maximum absolute atomic E-state index is 5.99. The molecule has 1 fully saturated rings. The van der Waals surface area contributed by atoms with E-state index in [1.165, 1.54) is 12.8 Å². The summed E-state index contributed by atoms with van der Waals surface area (Å²) in [5.74, 6) is 0.995. The summed E-state index contributed by atoms with van der Waals surface area (Å²) in [5, 5.41) is 8.81. The van der Waals surface area contributed by atoms with E-state index in [-0.39, 0.29) is 0 Å². The van der Waals surface area contributed by atoms with Gasteiger partial charge in [0.05, 0.1) is 0 Å². The average Bonchev–Trinajstić information content (AvgIpc) is 2.36. The Bertz CT molecular complexity index is 425. The molecule has 0 aromatic carbocycles. The minimum atomic E-state index is 0.513. The fourth-order valence-electron chi connectivity index (χ4n) is 2.46. The quantitative estimate of drug-likeness (QED) is 0.824. The molecule has 0 N–H and O–H groups in total. The third-order valence-corrected chi connectivity index (χ3v) is 4.29. The first-order chi connectivity index (χ1) is 8.50. The lowest BCUT2D eigenvalue weighted by Gasteiger charge is -2.36. The van der Waals surface area contributed by atoms with Crippen LogP contribution in [0.1, 0.15) is 24.0 Å². The number of rotatable bonds is 2. The van der Waals surface area contributed by atoms with Gasteiger partial charge >= 0.3 is 0 Å². The summed E-state index contributed by atoms with van der Waals surface area (Å²) >= 11 is 5.99. The summed E-state index contributed by atoms with van der Waals surface area (Å²) in [4.78, 5) is 4.63. The Morgan fingerprint density at radius 1 is 1.11 bits per heavy atom. The zero-order valence-electron chi connectivity index (χ0n) is 11.6. The second-order valence-corrected chi connectivity index (χ2v) is 5.60. The van der Waals surface area contributed by atoms with Crippen molar-refractivity contribution in [2.24, 2.45) is 0 Å². The second-order valence-electron chi connectivity index (χ2n) is 5.25. The van der Waals surface area contributed by atoms with Crippen LogP contribution in [0.2, 0.25) is 5.15 Å². The van der Waals surface area contributed by atoms with E-state index in [1.807, 2.05) is 6.92 Å². The highest BCUT2D eigenvalue weighted by molar-refractivity contribution is 6.30. The smallest absolute Gasteiger partial charge is 0.155 e. The van der Waals surface area contributed by atoms with E-state index in [0.717, 1.165) is 30.0 Å². The molecule has 0 aliphatic carbocycles. The van der Waals surface area contributed by atoms with Crippen LogP contribution in [-0.2, 0) is 0 Å². The molecule has 1 aromatic heterocycles. The normalized spacial score (nSPS) is 17.6. The molecule has 0 atom stereocenters. The molecule has 0 saturated carbocycles. The number of hydrogen-bond acceptors (Lipinski definition) is 4. The minimum Gasteiger partial charge on any atom is -0.355 e. The van der Waals surface area contributed by atoms with Gasteiger partial charge < -0.3 is 9.80 Å². The predicted octanol–water partition coefficient (Wildman–Crippen LogP) is 2.28. The summed E-state index contributed by atoms with van der Waals surface area (Å²) in [6.07, 6.45) is 2.35. The van der Waals surface area contributed by atoms with Crippen LogP contribution in [0.15, 0.2) is 0 Å². The summed E-state index contributed by atoms with van der Waals surface area (Å²) in [6.45, 7) is 6.16.